The lowest BCUT2D eigenvalue weighted by molar-refractivity contribution is 0.211. The molecule has 154 valence electrons. The second-order valence-corrected chi connectivity index (χ2v) is 7.63. The van der Waals surface area contributed by atoms with Gasteiger partial charge in [-0.05, 0) is 68.3 Å². The molecule has 1 unspecified atom stereocenters. The Hall–Kier alpha value is -2.98. The van der Waals surface area contributed by atoms with E-state index in [4.69, 9.17) is 26.1 Å². The molecule has 4 aromatic rings. The van der Waals surface area contributed by atoms with Gasteiger partial charge in [0.2, 0.25) is 0 Å². The highest BCUT2D eigenvalue weighted by Gasteiger charge is 2.18. The third-order valence-electron chi connectivity index (χ3n) is 4.96. The number of aromatic nitrogens is 2. The Morgan fingerprint density at radius 2 is 1.60 bits per heavy atom. The van der Waals surface area contributed by atoms with Crippen LogP contribution in [0.3, 0.4) is 0 Å². The van der Waals surface area contributed by atoms with Crippen molar-refractivity contribution in [1.82, 2.24) is 9.55 Å². The van der Waals surface area contributed by atoms with Crippen molar-refractivity contribution in [2.45, 2.75) is 32.4 Å². The first-order valence-electron chi connectivity index (χ1n) is 10.3. The Bertz CT molecular complexity index is 1080. The third kappa shape index (κ3) is 4.95. The van der Waals surface area contributed by atoms with E-state index in [-0.39, 0.29) is 6.10 Å². The van der Waals surface area contributed by atoms with Gasteiger partial charge in [0.05, 0.1) is 17.6 Å². The molecule has 1 aromatic heterocycles. The lowest BCUT2D eigenvalue weighted by atomic mass is 10.2. The zero-order chi connectivity index (χ0) is 20.8. The number of benzene rings is 3. The van der Waals surface area contributed by atoms with Crippen LogP contribution in [-0.4, -0.2) is 16.2 Å². The van der Waals surface area contributed by atoms with Crippen molar-refractivity contribution in [2.24, 2.45) is 0 Å². The van der Waals surface area contributed by atoms with Crippen molar-refractivity contribution in [1.29, 1.82) is 0 Å². The van der Waals surface area contributed by atoms with Crippen LogP contribution in [0, 0.1) is 0 Å². The summed E-state index contributed by atoms with van der Waals surface area (Å²) in [4.78, 5) is 4.85. The molecule has 0 aliphatic heterocycles. The van der Waals surface area contributed by atoms with Gasteiger partial charge in [-0.3, -0.25) is 0 Å². The van der Waals surface area contributed by atoms with Crippen LogP contribution in [0.1, 0.15) is 31.7 Å². The van der Waals surface area contributed by atoms with Gasteiger partial charge < -0.3 is 14.0 Å². The first-order chi connectivity index (χ1) is 14.7. The summed E-state index contributed by atoms with van der Waals surface area (Å²) >= 11 is 5.98. The maximum Gasteiger partial charge on any atom is 0.153 e. The van der Waals surface area contributed by atoms with Crippen molar-refractivity contribution in [2.75, 3.05) is 6.61 Å². The van der Waals surface area contributed by atoms with Gasteiger partial charge >= 0.3 is 0 Å². The lowest BCUT2D eigenvalue weighted by Gasteiger charge is -2.17. The van der Waals surface area contributed by atoms with E-state index in [0.717, 1.165) is 47.7 Å². The topological polar surface area (TPSA) is 36.3 Å². The second-order valence-electron chi connectivity index (χ2n) is 7.19. The van der Waals surface area contributed by atoms with Gasteiger partial charge in [-0.1, -0.05) is 41.9 Å². The Morgan fingerprint density at radius 1 is 0.867 bits per heavy atom. The molecule has 0 bridgehead atoms. The molecule has 1 heterocycles. The third-order valence-corrected chi connectivity index (χ3v) is 5.21. The fourth-order valence-electron chi connectivity index (χ4n) is 3.49. The Labute approximate surface area is 182 Å². The highest BCUT2D eigenvalue weighted by molar-refractivity contribution is 6.30. The number of aryl methyl sites for hydroxylation is 1. The first-order valence-corrected chi connectivity index (χ1v) is 10.6. The minimum absolute atomic E-state index is 0.181. The monoisotopic (exact) mass is 420 g/mol. The summed E-state index contributed by atoms with van der Waals surface area (Å²) in [5, 5.41) is 0.694. The molecule has 0 saturated carbocycles. The van der Waals surface area contributed by atoms with Crippen LogP contribution in [0.15, 0.2) is 78.9 Å². The van der Waals surface area contributed by atoms with E-state index in [1.807, 2.05) is 79.7 Å². The summed E-state index contributed by atoms with van der Waals surface area (Å²) in [5.74, 6) is 2.62. The zero-order valence-electron chi connectivity index (χ0n) is 17.0. The standard InChI is InChI=1S/C25H25ClN2O2/c1-19(30-22-15-13-20(26)14-16-22)25-27-23-11-5-6-12-24(23)28(25)17-7-8-18-29-21-9-3-2-4-10-21/h2-6,9-16,19H,7-8,17-18H2,1H3. The Kier molecular flexibility index (Phi) is 6.55. The van der Waals surface area contributed by atoms with E-state index in [1.165, 1.54) is 0 Å². The summed E-state index contributed by atoms with van der Waals surface area (Å²) in [7, 11) is 0. The van der Waals surface area contributed by atoms with Gasteiger partial charge in [0.25, 0.3) is 0 Å². The first kappa shape index (κ1) is 20.3. The van der Waals surface area contributed by atoms with E-state index in [1.54, 1.807) is 0 Å². The number of rotatable bonds is 9. The van der Waals surface area contributed by atoms with Gasteiger partial charge in [-0.25, -0.2) is 4.98 Å². The number of unbranched alkanes of at least 4 members (excludes halogenated alkanes) is 1. The molecule has 4 nitrogen and oxygen atoms in total. The quantitative estimate of drug-likeness (QED) is 0.283. The average Bonchev–Trinajstić information content (AvgIpc) is 3.15. The van der Waals surface area contributed by atoms with Gasteiger partial charge in [-0.2, -0.15) is 0 Å². The van der Waals surface area contributed by atoms with Crippen LogP contribution in [0.2, 0.25) is 5.02 Å². The summed E-state index contributed by atoms with van der Waals surface area (Å²) in [5.41, 5.74) is 2.11. The summed E-state index contributed by atoms with van der Waals surface area (Å²) in [6.07, 6.45) is 1.78. The van der Waals surface area contributed by atoms with Crippen LogP contribution in [0.5, 0.6) is 11.5 Å². The van der Waals surface area contributed by atoms with E-state index < -0.39 is 0 Å². The van der Waals surface area contributed by atoms with Gasteiger partial charge in [0, 0.05) is 11.6 Å². The Morgan fingerprint density at radius 3 is 2.40 bits per heavy atom. The van der Waals surface area contributed by atoms with Crippen molar-refractivity contribution >= 4 is 22.6 Å². The average molecular weight is 421 g/mol. The van der Waals surface area contributed by atoms with Crippen molar-refractivity contribution in [3.8, 4) is 11.5 Å². The molecule has 0 fully saturated rings. The van der Waals surface area contributed by atoms with Crippen molar-refractivity contribution in [3.63, 3.8) is 0 Å². The summed E-state index contributed by atoms with van der Waals surface area (Å²) in [6.45, 7) is 3.59. The fraction of sp³-hybridized carbons (Fsp3) is 0.240. The number of nitrogens with zero attached hydrogens (tertiary/aromatic N) is 2. The lowest BCUT2D eigenvalue weighted by Crippen LogP contribution is -2.12. The molecule has 0 aliphatic carbocycles. The zero-order valence-corrected chi connectivity index (χ0v) is 17.8. The predicted octanol–water partition coefficient (Wildman–Crippen LogP) is 6.69. The molecule has 0 saturated heterocycles. The van der Waals surface area contributed by atoms with Gasteiger partial charge in [0.15, 0.2) is 11.9 Å². The molecule has 0 aliphatic rings. The number of halogens is 1. The van der Waals surface area contributed by atoms with Crippen LogP contribution in [0.25, 0.3) is 11.0 Å². The SMILES string of the molecule is CC(Oc1ccc(Cl)cc1)c1nc2ccccc2n1CCCCOc1ccccc1. The molecule has 0 N–H and O–H groups in total. The summed E-state index contributed by atoms with van der Waals surface area (Å²) in [6, 6.07) is 25.6. The minimum atomic E-state index is -0.181. The highest BCUT2D eigenvalue weighted by Crippen LogP contribution is 2.26. The number of fused-ring (bicyclic) bond motifs is 1. The van der Waals surface area contributed by atoms with Gasteiger partial charge in [0.1, 0.15) is 11.5 Å². The largest absolute Gasteiger partial charge is 0.494 e. The minimum Gasteiger partial charge on any atom is -0.494 e. The van der Waals surface area contributed by atoms with Crippen LogP contribution in [0.4, 0.5) is 0 Å². The normalized spacial score (nSPS) is 12.1. The van der Waals surface area contributed by atoms with E-state index in [0.29, 0.717) is 11.6 Å². The number of hydrogen-bond donors (Lipinski definition) is 0. The van der Waals surface area contributed by atoms with Crippen LogP contribution >= 0.6 is 11.6 Å². The molecule has 1 atom stereocenters. The van der Waals surface area contributed by atoms with E-state index >= 15 is 0 Å². The molecule has 0 amide bonds. The maximum atomic E-state index is 6.14. The number of para-hydroxylation sites is 3. The maximum absolute atomic E-state index is 6.14. The van der Waals surface area contributed by atoms with Gasteiger partial charge in [-0.15, -0.1) is 0 Å². The molecule has 0 radical (unpaired) electrons. The predicted molar refractivity (Wildman–Crippen MR) is 121 cm³/mol. The number of imidazole rings is 1. The molecule has 4 rings (SSSR count). The molecule has 30 heavy (non-hydrogen) atoms. The molecule has 5 heteroatoms. The molecular formula is C25H25ClN2O2. The molecule has 0 spiro atoms. The number of hydrogen-bond acceptors (Lipinski definition) is 3. The number of ether oxygens (including phenoxy) is 2. The Balaban J connectivity index is 1.44. The van der Waals surface area contributed by atoms with E-state index in [2.05, 4.69) is 10.6 Å². The smallest absolute Gasteiger partial charge is 0.153 e. The second kappa shape index (κ2) is 9.68. The van der Waals surface area contributed by atoms with Crippen molar-refractivity contribution in [3.05, 3.63) is 89.7 Å². The molecule has 3 aromatic carbocycles. The van der Waals surface area contributed by atoms with Crippen LogP contribution in [-0.2, 0) is 6.54 Å². The highest BCUT2D eigenvalue weighted by atomic mass is 35.5. The van der Waals surface area contributed by atoms with E-state index in [9.17, 15) is 0 Å². The summed E-state index contributed by atoms with van der Waals surface area (Å²) < 4.78 is 14.2. The van der Waals surface area contributed by atoms with Crippen LogP contribution < -0.4 is 9.47 Å². The van der Waals surface area contributed by atoms with Crippen molar-refractivity contribution < 1.29 is 9.47 Å². The molecular weight excluding hydrogens is 396 g/mol. The fourth-order valence-corrected chi connectivity index (χ4v) is 3.61.